The number of hydrogen-bond donors (Lipinski definition) is 2. The largest absolute Gasteiger partial charge is 0.323 e. The quantitative estimate of drug-likeness (QED) is 0.825. The second-order valence-corrected chi connectivity index (χ2v) is 5.66. The average molecular weight is 290 g/mol. The monoisotopic (exact) mass is 290 g/mol. The molecule has 0 aromatic carbocycles. The predicted octanol–water partition coefficient (Wildman–Crippen LogP) is 2.29. The van der Waals surface area contributed by atoms with Crippen LogP contribution in [0.1, 0.15) is 37.7 Å². The van der Waals surface area contributed by atoms with E-state index in [4.69, 9.17) is 5.73 Å². The Morgan fingerprint density at radius 2 is 2.25 bits per heavy atom. The van der Waals surface area contributed by atoms with Crippen LogP contribution >= 0.6 is 11.8 Å². The molecule has 1 atom stereocenters. The van der Waals surface area contributed by atoms with Crippen molar-refractivity contribution in [1.29, 1.82) is 0 Å². The number of hydrogen-bond acceptors (Lipinski definition) is 5. The van der Waals surface area contributed by atoms with Crippen LogP contribution in [-0.4, -0.2) is 15.0 Å². The SMILES string of the molecule is CCCc1cc(=O)[nH]c(Sc2ccc([C@@H](C)N)nc2)n1. The second-order valence-electron chi connectivity index (χ2n) is 4.60. The normalized spacial score (nSPS) is 12.3. The first-order chi connectivity index (χ1) is 9.58. The summed E-state index contributed by atoms with van der Waals surface area (Å²) in [5.41, 5.74) is 7.30. The standard InChI is InChI=1S/C14H18N4OS/c1-3-4-10-7-13(19)18-14(17-10)20-11-5-6-12(9(2)15)16-8-11/h5-9H,3-4,15H2,1-2H3,(H,17,18,19)/t9-/m1/s1. The first-order valence-corrected chi connectivity index (χ1v) is 7.39. The zero-order valence-electron chi connectivity index (χ0n) is 11.6. The molecule has 3 N–H and O–H groups in total. The molecule has 5 nitrogen and oxygen atoms in total. The maximum Gasteiger partial charge on any atom is 0.251 e. The van der Waals surface area contributed by atoms with Crippen molar-refractivity contribution in [3.05, 3.63) is 46.1 Å². The van der Waals surface area contributed by atoms with E-state index in [1.165, 1.54) is 11.8 Å². The van der Waals surface area contributed by atoms with E-state index in [1.54, 1.807) is 12.3 Å². The molecule has 2 aromatic rings. The Bertz CT molecular complexity index is 622. The maximum absolute atomic E-state index is 11.6. The molecule has 2 rings (SSSR count). The van der Waals surface area contributed by atoms with E-state index in [2.05, 4.69) is 21.9 Å². The summed E-state index contributed by atoms with van der Waals surface area (Å²) in [7, 11) is 0. The predicted molar refractivity (Wildman–Crippen MR) is 79.8 cm³/mol. The van der Waals surface area contributed by atoms with Gasteiger partial charge >= 0.3 is 0 Å². The van der Waals surface area contributed by atoms with Crippen LogP contribution in [0, 0.1) is 0 Å². The van der Waals surface area contributed by atoms with Crippen molar-refractivity contribution in [2.75, 3.05) is 0 Å². The van der Waals surface area contributed by atoms with E-state index in [1.807, 2.05) is 19.1 Å². The van der Waals surface area contributed by atoms with Crippen LogP contribution in [0.5, 0.6) is 0 Å². The van der Waals surface area contributed by atoms with Crippen molar-refractivity contribution < 1.29 is 0 Å². The molecule has 106 valence electrons. The minimum absolute atomic E-state index is 0.0835. The highest BCUT2D eigenvalue weighted by Gasteiger charge is 2.05. The summed E-state index contributed by atoms with van der Waals surface area (Å²) in [6.45, 7) is 3.95. The summed E-state index contributed by atoms with van der Waals surface area (Å²) in [5.74, 6) is 0. The fraction of sp³-hybridized carbons (Fsp3) is 0.357. The van der Waals surface area contributed by atoms with Gasteiger partial charge in [0.1, 0.15) is 0 Å². The summed E-state index contributed by atoms with van der Waals surface area (Å²) in [5, 5.41) is 0.594. The Balaban J connectivity index is 2.18. The van der Waals surface area contributed by atoms with E-state index < -0.39 is 0 Å². The van der Waals surface area contributed by atoms with Crippen molar-refractivity contribution in [3.8, 4) is 0 Å². The Kier molecular flexibility index (Phi) is 4.92. The highest BCUT2D eigenvalue weighted by molar-refractivity contribution is 7.99. The topological polar surface area (TPSA) is 84.7 Å². The summed E-state index contributed by atoms with van der Waals surface area (Å²) >= 11 is 1.39. The zero-order valence-corrected chi connectivity index (χ0v) is 12.4. The van der Waals surface area contributed by atoms with Crippen LogP contribution in [0.3, 0.4) is 0 Å². The fourth-order valence-electron chi connectivity index (χ4n) is 1.75. The molecule has 0 amide bonds. The van der Waals surface area contributed by atoms with Gasteiger partial charge in [-0.05, 0) is 25.5 Å². The van der Waals surface area contributed by atoms with Crippen molar-refractivity contribution in [1.82, 2.24) is 15.0 Å². The third-order valence-corrected chi connectivity index (χ3v) is 3.58. The molecule has 0 aliphatic heterocycles. The number of rotatable bonds is 5. The number of nitrogens with zero attached hydrogens (tertiary/aromatic N) is 2. The van der Waals surface area contributed by atoms with Gasteiger partial charge in [0.2, 0.25) is 0 Å². The van der Waals surface area contributed by atoms with Crippen molar-refractivity contribution in [2.45, 2.75) is 42.8 Å². The van der Waals surface area contributed by atoms with Crippen LogP contribution in [0.2, 0.25) is 0 Å². The number of aryl methyl sites for hydroxylation is 1. The molecule has 0 unspecified atom stereocenters. The minimum atomic E-state index is -0.119. The number of nitrogens with one attached hydrogen (secondary N) is 1. The number of nitrogens with two attached hydrogens (primary N) is 1. The molecule has 0 radical (unpaired) electrons. The van der Waals surface area contributed by atoms with Gasteiger partial charge in [-0.3, -0.25) is 9.78 Å². The first kappa shape index (κ1) is 14.7. The fourth-order valence-corrected chi connectivity index (χ4v) is 2.53. The summed E-state index contributed by atoms with van der Waals surface area (Å²) in [6, 6.07) is 5.29. The Hall–Kier alpha value is -1.66. The van der Waals surface area contributed by atoms with Gasteiger partial charge < -0.3 is 10.7 Å². The lowest BCUT2D eigenvalue weighted by Crippen LogP contribution is -2.10. The molecular formula is C14H18N4OS. The Labute approximate surface area is 122 Å². The molecule has 20 heavy (non-hydrogen) atoms. The molecule has 0 spiro atoms. The van der Waals surface area contributed by atoms with Crippen molar-refractivity contribution in [2.24, 2.45) is 5.73 Å². The molecular weight excluding hydrogens is 272 g/mol. The van der Waals surface area contributed by atoms with Gasteiger partial charge in [-0.1, -0.05) is 25.1 Å². The van der Waals surface area contributed by atoms with Crippen LogP contribution in [0.25, 0.3) is 0 Å². The van der Waals surface area contributed by atoms with E-state index >= 15 is 0 Å². The van der Waals surface area contributed by atoms with Crippen LogP contribution in [-0.2, 0) is 6.42 Å². The summed E-state index contributed by atoms with van der Waals surface area (Å²) in [4.78, 5) is 24.0. The summed E-state index contributed by atoms with van der Waals surface area (Å²) in [6.07, 6.45) is 3.51. The molecule has 0 saturated heterocycles. The number of aromatic nitrogens is 3. The van der Waals surface area contributed by atoms with Gasteiger partial charge in [0.25, 0.3) is 5.56 Å². The van der Waals surface area contributed by atoms with E-state index in [0.29, 0.717) is 5.16 Å². The number of aromatic amines is 1. The second kappa shape index (κ2) is 6.67. The molecule has 0 aliphatic rings. The minimum Gasteiger partial charge on any atom is -0.323 e. The van der Waals surface area contributed by atoms with Crippen LogP contribution < -0.4 is 11.3 Å². The van der Waals surface area contributed by atoms with Gasteiger partial charge in [0.05, 0.1) is 5.69 Å². The third-order valence-electron chi connectivity index (χ3n) is 2.72. The molecule has 0 saturated carbocycles. The Morgan fingerprint density at radius 1 is 1.45 bits per heavy atom. The van der Waals surface area contributed by atoms with E-state index in [0.717, 1.165) is 29.1 Å². The van der Waals surface area contributed by atoms with Gasteiger partial charge in [-0.25, -0.2) is 4.98 Å². The lowest BCUT2D eigenvalue weighted by molar-refractivity contribution is 0.777. The van der Waals surface area contributed by atoms with Gasteiger partial charge in [-0.2, -0.15) is 0 Å². The highest BCUT2D eigenvalue weighted by Crippen LogP contribution is 2.23. The average Bonchev–Trinajstić information content (AvgIpc) is 2.39. The number of pyridine rings is 1. The zero-order chi connectivity index (χ0) is 14.5. The van der Waals surface area contributed by atoms with Gasteiger partial charge in [0.15, 0.2) is 5.16 Å². The molecule has 0 fully saturated rings. The molecule has 2 aromatic heterocycles. The van der Waals surface area contributed by atoms with Gasteiger partial charge in [0, 0.05) is 28.9 Å². The van der Waals surface area contributed by atoms with Crippen molar-refractivity contribution in [3.63, 3.8) is 0 Å². The molecule has 6 heteroatoms. The highest BCUT2D eigenvalue weighted by atomic mass is 32.2. The molecule has 2 heterocycles. The first-order valence-electron chi connectivity index (χ1n) is 6.58. The summed E-state index contributed by atoms with van der Waals surface area (Å²) < 4.78 is 0. The van der Waals surface area contributed by atoms with Crippen molar-refractivity contribution >= 4 is 11.8 Å². The van der Waals surface area contributed by atoms with E-state index in [-0.39, 0.29) is 11.6 Å². The van der Waals surface area contributed by atoms with E-state index in [9.17, 15) is 4.79 Å². The molecule has 0 aliphatic carbocycles. The van der Waals surface area contributed by atoms with Gasteiger partial charge in [-0.15, -0.1) is 0 Å². The lowest BCUT2D eigenvalue weighted by atomic mass is 10.2. The molecule has 0 bridgehead atoms. The smallest absolute Gasteiger partial charge is 0.251 e. The van der Waals surface area contributed by atoms with Crippen LogP contribution in [0.4, 0.5) is 0 Å². The Morgan fingerprint density at radius 3 is 2.85 bits per heavy atom. The number of H-pyrrole nitrogens is 1. The third kappa shape index (κ3) is 3.91. The lowest BCUT2D eigenvalue weighted by Gasteiger charge is -2.06. The van der Waals surface area contributed by atoms with Crippen LogP contribution in [0.15, 0.2) is 39.2 Å². The maximum atomic E-state index is 11.6.